The van der Waals surface area contributed by atoms with E-state index in [4.69, 9.17) is 4.74 Å². The van der Waals surface area contributed by atoms with Crippen LogP contribution in [0.2, 0.25) is 0 Å². The average molecular weight is 423 g/mol. The highest BCUT2D eigenvalue weighted by molar-refractivity contribution is 5.94. The van der Waals surface area contributed by atoms with E-state index in [1.165, 1.54) is 5.56 Å². The van der Waals surface area contributed by atoms with Gasteiger partial charge in [0, 0.05) is 43.7 Å². The molecule has 1 saturated heterocycles. The van der Waals surface area contributed by atoms with Gasteiger partial charge in [-0.2, -0.15) is 0 Å². The van der Waals surface area contributed by atoms with Crippen LogP contribution in [0.25, 0.3) is 0 Å². The largest absolute Gasteiger partial charge is 0.497 e. The second-order valence-corrected chi connectivity index (χ2v) is 9.01. The minimum atomic E-state index is -0.260. The van der Waals surface area contributed by atoms with E-state index in [0.717, 1.165) is 36.8 Å². The highest BCUT2D eigenvalue weighted by Gasteiger charge is 2.26. The van der Waals surface area contributed by atoms with Crippen molar-refractivity contribution in [3.05, 3.63) is 65.2 Å². The molecule has 3 rings (SSSR count). The van der Waals surface area contributed by atoms with Crippen molar-refractivity contribution in [2.45, 2.75) is 45.2 Å². The molecule has 1 amide bonds. The maximum Gasteiger partial charge on any atom is 0.251 e. The lowest BCUT2D eigenvalue weighted by Gasteiger charge is -2.22. The zero-order valence-electron chi connectivity index (χ0n) is 19.2. The molecular weight excluding hydrogens is 388 g/mol. The fourth-order valence-corrected chi connectivity index (χ4v) is 3.85. The number of nitrogens with one attached hydrogen (secondary N) is 2. The highest BCUT2D eigenvalue weighted by Crippen LogP contribution is 2.28. The second kappa shape index (κ2) is 9.86. The summed E-state index contributed by atoms with van der Waals surface area (Å²) in [5, 5.41) is 6.47. The Labute approximate surface area is 185 Å². The van der Waals surface area contributed by atoms with E-state index < -0.39 is 0 Å². The number of guanidine groups is 1. The van der Waals surface area contributed by atoms with E-state index in [1.807, 2.05) is 64.2 Å². The van der Waals surface area contributed by atoms with Gasteiger partial charge >= 0.3 is 0 Å². The Morgan fingerprint density at radius 3 is 2.58 bits per heavy atom. The Hall–Kier alpha value is -3.02. The third kappa shape index (κ3) is 6.23. The zero-order chi connectivity index (χ0) is 22.4. The van der Waals surface area contributed by atoms with Crippen LogP contribution in [-0.2, 0) is 6.54 Å². The molecule has 1 aliphatic rings. The normalized spacial score (nSPS) is 16.9. The topological polar surface area (TPSA) is 66.0 Å². The molecule has 1 aliphatic heterocycles. The summed E-state index contributed by atoms with van der Waals surface area (Å²) in [6.07, 6.45) is 1.09. The van der Waals surface area contributed by atoms with Crippen LogP contribution in [0.5, 0.6) is 5.75 Å². The third-order valence-corrected chi connectivity index (χ3v) is 5.42. The van der Waals surface area contributed by atoms with Gasteiger partial charge in [0.25, 0.3) is 5.91 Å². The summed E-state index contributed by atoms with van der Waals surface area (Å²) in [7, 11) is 3.50. The molecule has 0 saturated carbocycles. The van der Waals surface area contributed by atoms with Crippen molar-refractivity contribution in [2.75, 3.05) is 27.2 Å². The first kappa shape index (κ1) is 22.7. The van der Waals surface area contributed by atoms with E-state index in [9.17, 15) is 4.79 Å². The van der Waals surface area contributed by atoms with Crippen molar-refractivity contribution in [1.82, 2.24) is 15.5 Å². The van der Waals surface area contributed by atoms with E-state index >= 15 is 0 Å². The van der Waals surface area contributed by atoms with Crippen molar-refractivity contribution < 1.29 is 9.53 Å². The lowest BCUT2D eigenvalue weighted by Crippen LogP contribution is -2.40. The van der Waals surface area contributed by atoms with Crippen molar-refractivity contribution >= 4 is 11.9 Å². The van der Waals surface area contributed by atoms with E-state index in [2.05, 4.69) is 32.7 Å². The van der Waals surface area contributed by atoms with Gasteiger partial charge in [0.15, 0.2) is 5.96 Å². The summed E-state index contributed by atoms with van der Waals surface area (Å²) in [6, 6.07) is 16.1. The first-order chi connectivity index (χ1) is 14.8. The van der Waals surface area contributed by atoms with Crippen molar-refractivity contribution in [1.29, 1.82) is 0 Å². The number of ether oxygens (including phenoxy) is 1. The Bertz CT molecular complexity index is 916. The predicted molar refractivity (Wildman–Crippen MR) is 126 cm³/mol. The van der Waals surface area contributed by atoms with Crippen LogP contribution in [0.4, 0.5) is 0 Å². The lowest BCUT2D eigenvalue weighted by atomic mass is 9.98. The van der Waals surface area contributed by atoms with E-state index in [0.29, 0.717) is 18.0 Å². The molecule has 2 aromatic carbocycles. The summed E-state index contributed by atoms with van der Waals surface area (Å²) >= 11 is 0. The Kier molecular flexibility index (Phi) is 7.21. The number of carbonyl (C=O) groups is 1. The fraction of sp³-hybridized carbons (Fsp3) is 0.440. The van der Waals surface area contributed by atoms with Gasteiger partial charge in [-0.15, -0.1) is 0 Å². The molecule has 0 aliphatic carbocycles. The van der Waals surface area contributed by atoms with Crippen LogP contribution >= 0.6 is 0 Å². The van der Waals surface area contributed by atoms with Crippen LogP contribution in [0.1, 0.15) is 54.6 Å². The number of rotatable bonds is 5. The first-order valence-corrected chi connectivity index (χ1v) is 10.8. The summed E-state index contributed by atoms with van der Waals surface area (Å²) < 4.78 is 5.26. The molecule has 6 heteroatoms. The van der Waals surface area contributed by atoms with Gasteiger partial charge in [-0.1, -0.05) is 24.3 Å². The van der Waals surface area contributed by atoms with Gasteiger partial charge in [-0.3, -0.25) is 9.79 Å². The number of methoxy groups -OCH3 is 1. The maximum absolute atomic E-state index is 12.5. The van der Waals surface area contributed by atoms with Gasteiger partial charge in [-0.25, -0.2) is 0 Å². The predicted octanol–water partition coefficient (Wildman–Crippen LogP) is 3.79. The summed E-state index contributed by atoms with van der Waals surface area (Å²) in [4.78, 5) is 19.2. The molecule has 1 unspecified atom stereocenters. The average Bonchev–Trinajstić information content (AvgIpc) is 3.23. The van der Waals surface area contributed by atoms with Crippen molar-refractivity contribution in [3.63, 3.8) is 0 Å². The number of amides is 1. The molecule has 0 bridgehead atoms. The van der Waals surface area contributed by atoms with Crippen LogP contribution in [0.15, 0.2) is 53.5 Å². The number of likely N-dealkylation sites (tertiary alicyclic amines) is 1. The van der Waals surface area contributed by atoms with Crippen molar-refractivity contribution in [2.24, 2.45) is 4.99 Å². The number of hydrogen-bond acceptors (Lipinski definition) is 3. The summed E-state index contributed by atoms with van der Waals surface area (Å²) in [5.74, 6) is 2.20. The Morgan fingerprint density at radius 1 is 1.19 bits per heavy atom. The molecule has 1 fully saturated rings. The fourth-order valence-electron chi connectivity index (χ4n) is 3.85. The number of aliphatic imine (C=N–C) groups is 1. The van der Waals surface area contributed by atoms with Crippen LogP contribution < -0.4 is 15.4 Å². The van der Waals surface area contributed by atoms with Gasteiger partial charge in [0.1, 0.15) is 5.75 Å². The molecule has 1 heterocycles. The Balaban J connectivity index is 1.58. The lowest BCUT2D eigenvalue weighted by molar-refractivity contribution is 0.0919. The molecule has 2 aromatic rings. The molecule has 166 valence electrons. The zero-order valence-corrected chi connectivity index (χ0v) is 19.2. The number of benzene rings is 2. The van der Waals surface area contributed by atoms with Crippen LogP contribution in [0.3, 0.4) is 0 Å². The molecule has 2 N–H and O–H groups in total. The molecule has 31 heavy (non-hydrogen) atoms. The number of hydrogen-bond donors (Lipinski definition) is 2. The van der Waals surface area contributed by atoms with Gasteiger partial charge < -0.3 is 20.3 Å². The quantitative estimate of drug-likeness (QED) is 0.568. The smallest absolute Gasteiger partial charge is 0.251 e. The van der Waals surface area contributed by atoms with Crippen molar-refractivity contribution in [3.8, 4) is 5.75 Å². The van der Waals surface area contributed by atoms with Gasteiger partial charge in [0.2, 0.25) is 0 Å². The minimum Gasteiger partial charge on any atom is -0.497 e. The van der Waals surface area contributed by atoms with E-state index in [-0.39, 0.29) is 11.4 Å². The number of nitrogens with zero attached hydrogens (tertiary/aromatic N) is 2. The maximum atomic E-state index is 12.5. The highest BCUT2D eigenvalue weighted by atomic mass is 16.5. The molecule has 6 nitrogen and oxygen atoms in total. The standard InChI is InChI=1S/C25H34N4O2/c1-25(2,3)28-23(30)20-8-6-7-18(15-20)16-27-24(26-4)29-14-13-21(17-29)19-9-11-22(31-5)12-10-19/h6-12,15,21H,13-14,16-17H2,1-5H3,(H,26,27)(H,28,30). The first-order valence-electron chi connectivity index (χ1n) is 10.8. The summed E-state index contributed by atoms with van der Waals surface area (Å²) in [6.45, 7) is 8.46. The monoisotopic (exact) mass is 422 g/mol. The molecule has 0 radical (unpaired) electrons. The third-order valence-electron chi connectivity index (χ3n) is 5.42. The molecular formula is C25H34N4O2. The van der Waals surface area contributed by atoms with Gasteiger partial charge in [0.05, 0.1) is 7.11 Å². The van der Waals surface area contributed by atoms with E-state index in [1.54, 1.807) is 7.11 Å². The van der Waals surface area contributed by atoms with Crippen LogP contribution in [0, 0.1) is 0 Å². The van der Waals surface area contributed by atoms with Crippen LogP contribution in [-0.4, -0.2) is 49.6 Å². The summed E-state index contributed by atoms with van der Waals surface area (Å²) in [5.41, 5.74) is 2.79. The Morgan fingerprint density at radius 2 is 1.94 bits per heavy atom. The molecule has 1 atom stereocenters. The van der Waals surface area contributed by atoms with Gasteiger partial charge in [-0.05, 0) is 62.6 Å². The number of carbonyl (C=O) groups excluding carboxylic acids is 1. The second-order valence-electron chi connectivity index (χ2n) is 9.01. The SMILES string of the molecule is CN=C(NCc1cccc(C(=O)NC(C)(C)C)c1)N1CCC(c2ccc(OC)cc2)C1. The molecule has 0 spiro atoms. The molecule has 0 aromatic heterocycles. The minimum absolute atomic E-state index is 0.0550.